The average Bonchev–Trinajstić information content (AvgIpc) is 2.46. The Labute approximate surface area is 126 Å². The van der Waals surface area contributed by atoms with Gasteiger partial charge >= 0.3 is 0 Å². The van der Waals surface area contributed by atoms with Gasteiger partial charge in [-0.1, -0.05) is 30.3 Å². The first-order valence-corrected chi connectivity index (χ1v) is 6.51. The SMILES string of the molecule is COc1cc(C[NH2+]CCc2ccccc2)ccc1O.[Cl-]. The highest BCUT2D eigenvalue weighted by molar-refractivity contribution is 5.41. The van der Waals surface area contributed by atoms with Crippen LogP contribution in [-0.4, -0.2) is 18.8 Å². The Morgan fingerprint density at radius 3 is 2.50 bits per heavy atom. The number of methoxy groups -OCH3 is 1. The van der Waals surface area contributed by atoms with Gasteiger partial charge in [0.05, 0.1) is 13.7 Å². The summed E-state index contributed by atoms with van der Waals surface area (Å²) in [6.45, 7) is 1.94. The molecule has 0 aliphatic rings. The molecule has 0 atom stereocenters. The van der Waals surface area contributed by atoms with E-state index in [1.165, 1.54) is 5.56 Å². The third-order valence-corrected chi connectivity index (χ3v) is 3.10. The van der Waals surface area contributed by atoms with Crippen LogP contribution < -0.4 is 22.5 Å². The third kappa shape index (κ3) is 4.76. The van der Waals surface area contributed by atoms with Crippen LogP contribution in [0.5, 0.6) is 11.5 Å². The summed E-state index contributed by atoms with van der Waals surface area (Å²) in [4.78, 5) is 0. The summed E-state index contributed by atoms with van der Waals surface area (Å²) in [6.07, 6.45) is 1.07. The third-order valence-electron chi connectivity index (χ3n) is 3.10. The highest BCUT2D eigenvalue weighted by Gasteiger charge is 2.03. The Bertz CT molecular complexity index is 517. The Kier molecular flexibility index (Phi) is 6.91. The molecular weight excluding hydrogens is 274 g/mol. The molecule has 0 aliphatic carbocycles. The molecule has 0 bridgehead atoms. The molecule has 3 N–H and O–H groups in total. The second kappa shape index (κ2) is 8.46. The van der Waals surface area contributed by atoms with Crippen molar-refractivity contribution in [1.82, 2.24) is 0 Å². The summed E-state index contributed by atoms with van der Waals surface area (Å²) in [5.74, 6) is 0.726. The number of hydrogen-bond donors (Lipinski definition) is 2. The molecule has 0 amide bonds. The first-order chi connectivity index (χ1) is 9.29. The van der Waals surface area contributed by atoms with E-state index in [2.05, 4.69) is 29.6 Å². The topological polar surface area (TPSA) is 46.1 Å². The zero-order valence-corrected chi connectivity index (χ0v) is 12.3. The molecule has 0 aromatic heterocycles. The van der Waals surface area contributed by atoms with Crippen LogP contribution in [0.3, 0.4) is 0 Å². The van der Waals surface area contributed by atoms with Crippen LogP contribution in [0.1, 0.15) is 11.1 Å². The van der Waals surface area contributed by atoms with E-state index in [0.29, 0.717) is 5.75 Å². The minimum Gasteiger partial charge on any atom is -1.00 e. The molecule has 0 aliphatic heterocycles. The summed E-state index contributed by atoms with van der Waals surface area (Å²) in [6, 6.07) is 16.0. The summed E-state index contributed by atoms with van der Waals surface area (Å²) in [7, 11) is 1.57. The molecule has 0 spiro atoms. The normalized spacial score (nSPS) is 9.85. The molecule has 3 nitrogen and oxygen atoms in total. The van der Waals surface area contributed by atoms with Crippen LogP contribution in [0, 0.1) is 0 Å². The van der Waals surface area contributed by atoms with E-state index in [4.69, 9.17) is 4.74 Å². The lowest BCUT2D eigenvalue weighted by Gasteiger charge is -2.06. The number of phenolic OH excluding ortho intramolecular Hbond substituents is 1. The number of quaternary nitrogens is 1. The van der Waals surface area contributed by atoms with Gasteiger partial charge in [-0.25, -0.2) is 0 Å². The van der Waals surface area contributed by atoms with Gasteiger partial charge in [0, 0.05) is 12.0 Å². The zero-order valence-electron chi connectivity index (χ0n) is 11.6. The fourth-order valence-electron chi connectivity index (χ4n) is 2.03. The number of halogens is 1. The van der Waals surface area contributed by atoms with E-state index in [1.54, 1.807) is 13.2 Å². The van der Waals surface area contributed by atoms with Gasteiger partial charge in [-0.15, -0.1) is 0 Å². The van der Waals surface area contributed by atoms with Crippen LogP contribution in [0.25, 0.3) is 0 Å². The lowest BCUT2D eigenvalue weighted by atomic mass is 10.1. The standard InChI is InChI=1S/C16H19NO2.ClH/c1-19-16-11-14(7-8-15(16)18)12-17-10-9-13-5-3-2-4-6-13;/h2-8,11,17-18H,9-10,12H2,1H3;1H. The molecule has 2 aromatic carbocycles. The minimum atomic E-state index is 0. The summed E-state index contributed by atoms with van der Waals surface area (Å²) < 4.78 is 5.10. The quantitative estimate of drug-likeness (QED) is 0.651. The van der Waals surface area contributed by atoms with Crippen LogP contribution in [0.2, 0.25) is 0 Å². The van der Waals surface area contributed by atoms with Crippen molar-refractivity contribution in [3.05, 3.63) is 59.7 Å². The van der Waals surface area contributed by atoms with E-state index >= 15 is 0 Å². The molecule has 2 aromatic rings. The van der Waals surface area contributed by atoms with Crippen LogP contribution in [0.15, 0.2) is 48.5 Å². The van der Waals surface area contributed by atoms with Crippen LogP contribution >= 0.6 is 0 Å². The van der Waals surface area contributed by atoms with Gasteiger partial charge in [0.15, 0.2) is 11.5 Å². The smallest absolute Gasteiger partial charge is 0.160 e. The van der Waals surface area contributed by atoms with Crippen LogP contribution in [0.4, 0.5) is 0 Å². The van der Waals surface area contributed by atoms with E-state index in [9.17, 15) is 5.11 Å². The highest BCUT2D eigenvalue weighted by atomic mass is 35.5. The second-order valence-corrected chi connectivity index (χ2v) is 4.52. The predicted molar refractivity (Wildman–Crippen MR) is 75.3 cm³/mol. The van der Waals surface area contributed by atoms with Gasteiger partial charge in [0.25, 0.3) is 0 Å². The van der Waals surface area contributed by atoms with Gasteiger partial charge < -0.3 is 27.6 Å². The van der Waals surface area contributed by atoms with E-state index in [0.717, 1.165) is 25.1 Å². The molecular formula is C16H20ClNO2. The Morgan fingerprint density at radius 1 is 1.05 bits per heavy atom. The minimum absolute atomic E-state index is 0. The first-order valence-electron chi connectivity index (χ1n) is 6.51. The van der Waals surface area contributed by atoms with Gasteiger partial charge in [-0.05, 0) is 23.8 Å². The maximum absolute atomic E-state index is 9.52. The van der Waals surface area contributed by atoms with Crippen molar-refractivity contribution < 1.29 is 27.6 Å². The van der Waals surface area contributed by atoms with Crippen molar-refractivity contribution in [3.8, 4) is 11.5 Å². The molecule has 0 saturated carbocycles. The number of rotatable bonds is 6. The maximum Gasteiger partial charge on any atom is 0.160 e. The number of aromatic hydroxyl groups is 1. The predicted octanol–water partition coefficient (Wildman–Crippen LogP) is -1.29. The molecule has 0 saturated heterocycles. The van der Waals surface area contributed by atoms with Crippen molar-refractivity contribution in [2.24, 2.45) is 0 Å². The number of phenols is 1. The van der Waals surface area contributed by atoms with Gasteiger partial charge in [0.1, 0.15) is 6.54 Å². The van der Waals surface area contributed by atoms with Crippen molar-refractivity contribution in [3.63, 3.8) is 0 Å². The summed E-state index contributed by atoms with van der Waals surface area (Å²) in [5, 5.41) is 11.8. The van der Waals surface area contributed by atoms with Crippen molar-refractivity contribution in [2.45, 2.75) is 13.0 Å². The van der Waals surface area contributed by atoms with Gasteiger partial charge in [0.2, 0.25) is 0 Å². The van der Waals surface area contributed by atoms with Gasteiger partial charge in [-0.3, -0.25) is 0 Å². The number of nitrogens with two attached hydrogens (primary N) is 1. The first kappa shape index (κ1) is 16.3. The van der Waals surface area contributed by atoms with Crippen LogP contribution in [-0.2, 0) is 13.0 Å². The maximum atomic E-state index is 9.52. The lowest BCUT2D eigenvalue weighted by Crippen LogP contribution is -3.00. The van der Waals surface area contributed by atoms with Crippen molar-refractivity contribution in [2.75, 3.05) is 13.7 Å². The van der Waals surface area contributed by atoms with Gasteiger partial charge in [-0.2, -0.15) is 0 Å². The molecule has 0 radical (unpaired) electrons. The molecule has 20 heavy (non-hydrogen) atoms. The van der Waals surface area contributed by atoms with E-state index in [1.807, 2.05) is 18.2 Å². The molecule has 108 valence electrons. The fourth-order valence-corrected chi connectivity index (χ4v) is 2.03. The molecule has 4 heteroatoms. The summed E-state index contributed by atoms with van der Waals surface area (Å²) in [5.41, 5.74) is 2.52. The number of hydrogen-bond acceptors (Lipinski definition) is 2. The van der Waals surface area contributed by atoms with Crippen molar-refractivity contribution >= 4 is 0 Å². The molecule has 0 heterocycles. The van der Waals surface area contributed by atoms with Crippen molar-refractivity contribution in [1.29, 1.82) is 0 Å². The summed E-state index contributed by atoms with van der Waals surface area (Å²) >= 11 is 0. The Hall–Kier alpha value is -1.71. The van der Waals surface area contributed by atoms with E-state index in [-0.39, 0.29) is 18.2 Å². The lowest BCUT2D eigenvalue weighted by molar-refractivity contribution is -0.670. The molecule has 0 fully saturated rings. The zero-order chi connectivity index (χ0) is 13.5. The highest BCUT2D eigenvalue weighted by Crippen LogP contribution is 2.25. The Morgan fingerprint density at radius 2 is 1.80 bits per heavy atom. The Balaban J connectivity index is 0.00000200. The fraction of sp³-hybridized carbons (Fsp3) is 0.250. The number of ether oxygens (including phenoxy) is 1. The largest absolute Gasteiger partial charge is 1.00 e. The van der Waals surface area contributed by atoms with E-state index < -0.39 is 0 Å². The average molecular weight is 294 g/mol. The monoisotopic (exact) mass is 293 g/mol. The molecule has 0 unspecified atom stereocenters. The number of benzene rings is 2. The second-order valence-electron chi connectivity index (χ2n) is 4.52. The molecule has 2 rings (SSSR count).